The molecule has 0 saturated carbocycles. The van der Waals surface area contributed by atoms with Crippen molar-refractivity contribution in [2.24, 2.45) is 4.99 Å². The summed E-state index contributed by atoms with van der Waals surface area (Å²) in [6.07, 6.45) is 9.27. The zero-order valence-electron chi connectivity index (χ0n) is 9.14. The Labute approximate surface area is 94.2 Å². The van der Waals surface area contributed by atoms with Gasteiger partial charge in [-0.2, -0.15) is 0 Å². The van der Waals surface area contributed by atoms with Crippen LogP contribution in [0.15, 0.2) is 47.9 Å². The summed E-state index contributed by atoms with van der Waals surface area (Å²) < 4.78 is 0. The molecule has 0 amide bonds. The lowest BCUT2D eigenvalue weighted by Crippen LogP contribution is -1.82. The van der Waals surface area contributed by atoms with E-state index in [0.29, 0.717) is 0 Å². The van der Waals surface area contributed by atoms with E-state index in [1.807, 2.05) is 37.5 Å². The first-order valence-corrected chi connectivity index (χ1v) is 5.04. The summed E-state index contributed by atoms with van der Waals surface area (Å²) in [5, 5.41) is 1.12. The fourth-order valence-electron chi connectivity index (χ4n) is 1.50. The lowest BCUT2D eigenvalue weighted by Gasteiger charge is -1.99. The largest absolute Gasteiger partial charge is 0.346 e. The van der Waals surface area contributed by atoms with E-state index in [0.717, 1.165) is 22.2 Å². The highest BCUT2D eigenvalue weighted by molar-refractivity contribution is 5.80. The van der Waals surface area contributed by atoms with Crippen molar-refractivity contribution in [2.45, 2.75) is 6.92 Å². The van der Waals surface area contributed by atoms with Gasteiger partial charge >= 0.3 is 0 Å². The van der Waals surface area contributed by atoms with Crippen molar-refractivity contribution in [2.75, 3.05) is 0 Å². The monoisotopic (exact) mass is 211 g/mol. The summed E-state index contributed by atoms with van der Waals surface area (Å²) >= 11 is 0. The van der Waals surface area contributed by atoms with Crippen molar-refractivity contribution in [3.05, 3.63) is 48.4 Å². The van der Waals surface area contributed by atoms with Crippen molar-refractivity contribution >= 4 is 23.3 Å². The van der Waals surface area contributed by atoms with Crippen LogP contribution in [0.1, 0.15) is 12.5 Å². The third-order valence-electron chi connectivity index (χ3n) is 2.39. The van der Waals surface area contributed by atoms with E-state index < -0.39 is 0 Å². The number of hydrogen-bond donors (Lipinski definition) is 1. The maximum atomic E-state index is 4.33. The molecule has 0 bridgehead atoms. The number of nitrogens with zero attached hydrogens (tertiary/aromatic N) is 2. The van der Waals surface area contributed by atoms with E-state index in [2.05, 4.69) is 27.7 Å². The van der Waals surface area contributed by atoms with Gasteiger partial charge in [0.2, 0.25) is 0 Å². The molecule has 0 spiro atoms. The van der Waals surface area contributed by atoms with Gasteiger partial charge in [-0.05, 0) is 43.0 Å². The van der Waals surface area contributed by atoms with Crippen LogP contribution in [0.3, 0.4) is 0 Å². The summed E-state index contributed by atoms with van der Waals surface area (Å²) in [7, 11) is 0. The molecule has 2 aromatic rings. The van der Waals surface area contributed by atoms with E-state index in [1.165, 1.54) is 0 Å². The Hall–Kier alpha value is -2.16. The molecule has 1 N–H and O–H groups in total. The molecule has 0 atom stereocenters. The summed E-state index contributed by atoms with van der Waals surface area (Å²) in [5.74, 6) is 0. The number of aliphatic imine (C=N–C) groups is 1. The summed E-state index contributed by atoms with van der Waals surface area (Å²) in [6, 6.07) is 4.13. The summed E-state index contributed by atoms with van der Waals surface area (Å²) in [4.78, 5) is 11.1. The number of aromatic nitrogens is 2. The number of allylic oxidation sites excluding steroid dienone is 3. The number of hydrogen-bond acceptors (Lipinski definition) is 2. The van der Waals surface area contributed by atoms with E-state index in [-0.39, 0.29) is 0 Å². The standard InChI is InChI=1S/C13H13N3/c1-10(4-3-6-14-2)12-8-11-5-7-15-13(11)16-9-12/h3-9H,2H2,1H3,(H,15,16)/b6-3-,10-4+. The van der Waals surface area contributed by atoms with Crippen LogP contribution in [0.25, 0.3) is 16.6 Å². The molecule has 16 heavy (non-hydrogen) atoms. The average molecular weight is 211 g/mol. The Morgan fingerprint density at radius 2 is 2.44 bits per heavy atom. The van der Waals surface area contributed by atoms with Crippen LogP contribution in [0.2, 0.25) is 0 Å². The van der Waals surface area contributed by atoms with Gasteiger partial charge in [0, 0.05) is 24.0 Å². The van der Waals surface area contributed by atoms with Crippen molar-refractivity contribution in [3.8, 4) is 0 Å². The minimum absolute atomic E-state index is 0.917. The average Bonchev–Trinajstić information content (AvgIpc) is 2.76. The van der Waals surface area contributed by atoms with Crippen molar-refractivity contribution in [1.29, 1.82) is 0 Å². The highest BCUT2D eigenvalue weighted by Crippen LogP contribution is 2.17. The molecule has 0 aliphatic rings. The maximum absolute atomic E-state index is 4.33. The molecule has 2 rings (SSSR count). The summed E-state index contributed by atoms with van der Waals surface area (Å²) in [6.45, 7) is 5.43. The first-order valence-electron chi connectivity index (χ1n) is 5.04. The molecule has 80 valence electrons. The van der Waals surface area contributed by atoms with Crippen LogP contribution in [-0.2, 0) is 0 Å². The normalized spacial score (nSPS) is 12.4. The molecular formula is C13H13N3. The third kappa shape index (κ3) is 2.08. The van der Waals surface area contributed by atoms with E-state index in [1.54, 1.807) is 6.20 Å². The third-order valence-corrected chi connectivity index (χ3v) is 2.39. The minimum Gasteiger partial charge on any atom is -0.346 e. The van der Waals surface area contributed by atoms with Crippen LogP contribution in [0.4, 0.5) is 0 Å². The quantitative estimate of drug-likeness (QED) is 0.614. The molecule has 0 saturated heterocycles. The first kappa shape index (κ1) is 10.4. The molecule has 0 aromatic carbocycles. The first-order chi connectivity index (χ1) is 7.81. The Morgan fingerprint density at radius 3 is 3.25 bits per heavy atom. The molecule has 2 aromatic heterocycles. The number of aromatic amines is 1. The second-order valence-electron chi connectivity index (χ2n) is 3.51. The maximum Gasteiger partial charge on any atom is 0.137 e. The highest BCUT2D eigenvalue weighted by atomic mass is 14.8. The molecular weight excluding hydrogens is 198 g/mol. The van der Waals surface area contributed by atoms with Crippen molar-refractivity contribution < 1.29 is 0 Å². The topological polar surface area (TPSA) is 41.0 Å². The highest BCUT2D eigenvalue weighted by Gasteiger charge is 1.99. The number of nitrogens with one attached hydrogen (secondary N) is 1. The molecule has 0 aliphatic carbocycles. The lowest BCUT2D eigenvalue weighted by molar-refractivity contribution is 1.31. The lowest BCUT2D eigenvalue weighted by atomic mass is 10.1. The predicted octanol–water partition coefficient (Wildman–Crippen LogP) is 3.18. The van der Waals surface area contributed by atoms with Gasteiger partial charge in [-0.3, -0.25) is 4.99 Å². The van der Waals surface area contributed by atoms with E-state index >= 15 is 0 Å². The SMILES string of the molecule is C=N/C=C\C=C(/C)c1cnc2[nH]ccc2c1. The Balaban J connectivity index is 2.35. The van der Waals surface area contributed by atoms with Gasteiger partial charge in [-0.25, -0.2) is 4.98 Å². The zero-order chi connectivity index (χ0) is 11.4. The Kier molecular flexibility index (Phi) is 2.96. The Bertz CT molecular complexity index is 561. The number of fused-ring (bicyclic) bond motifs is 1. The molecule has 2 heterocycles. The van der Waals surface area contributed by atoms with Gasteiger partial charge in [-0.1, -0.05) is 6.08 Å². The van der Waals surface area contributed by atoms with Gasteiger partial charge in [0.15, 0.2) is 0 Å². The van der Waals surface area contributed by atoms with Gasteiger partial charge in [0.25, 0.3) is 0 Å². The Morgan fingerprint density at radius 1 is 1.56 bits per heavy atom. The predicted molar refractivity (Wildman–Crippen MR) is 68.4 cm³/mol. The molecule has 0 radical (unpaired) electrons. The number of rotatable bonds is 3. The van der Waals surface area contributed by atoms with E-state index in [4.69, 9.17) is 0 Å². The minimum atomic E-state index is 0.917. The second kappa shape index (κ2) is 4.57. The molecule has 3 heteroatoms. The summed E-state index contributed by atoms with van der Waals surface area (Å²) in [5.41, 5.74) is 3.18. The van der Waals surface area contributed by atoms with Crippen LogP contribution < -0.4 is 0 Å². The van der Waals surface area contributed by atoms with Crippen molar-refractivity contribution in [3.63, 3.8) is 0 Å². The van der Waals surface area contributed by atoms with Gasteiger partial charge < -0.3 is 4.98 Å². The molecule has 0 aliphatic heterocycles. The number of pyridine rings is 1. The number of H-pyrrole nitrogens is 1. The zero-order valence-corrected chi connectivity index (χ0v) is 9.14. The fraction of sp³-hybridized carbons (Fsp3) is 0.0769. The molecule has 3 nitrogen and oxygen atoms in total. The van der Waals surface area contributed by atoms with Crippen LogP contribution in [0, 0.1) is 0 Å². The van der Waals surface area contributed by atoms with Crippen molar-refractivity contribution in [1.82, 2.24) is 9.97 Å². The van der Waals surface area contributed by atoms with Gasteiger partial charge in [-0.15, -0.1) is 0 Å². The van der Waals surface area contributed by atoms with Crippen LogP contribution >= 0.6 is 0 Å². The second-order valence-corrected chi connectivity index (χ2v) is 3.51. The fourth-order valence-corrected chi connectivity index (χ4v) is 1.50. The van der Waals surface area contributed by atoms with Gasteiger partial charge in [0.1, 0.15) is 5.65 Å². The van der Waals surface area contributed by atoms with E-state index in [9.17, 15) is 0 Å². The molecule has 0 fully saturated rings. The van der Waals surface area contributed by atoms with Gasteiger partial charge in [0.05, 0.1) is 0 Å². The smallest absolute Gasteiger partial charge is 0.137 e. The van der Waals surface area contributed by atoms with Crippen LogP contribution in [-0.4, -0.2) is 16.7 Å². The molecule has 0 unspecified atom stereocenters. The van der Waals surface area contributed by atoms with Crippen LogP contribution in [0.5, 0.6) is 0 Å².